The summed E-state index contributed by atoms with van der Waals surface area (Å²) < 4.78 is 5.71. The summed E-state index contributed by atoms with van der Waals surface area (Å²) in [5, 5.41) is 3.44. The van der Waals surface area contributed by atoms with Gasteiger partial charge < -0.3 is 10.1 Å². The van der Waals surface area contributed by atoms with E-state index in [1.54, 1.807) is 0 Å². The zero-order valence-corrected chi connectivity index (χ0v) is 12.4. The first kappa shape index (κ1) is 14.6. The topological polar surface area (TPSA) is 21.3 Å². The average Bonchev–Trinajstić information content (AvgIpc) is 2.49. The van der Waals surface area contributed by atoms with Crippen LogP contribution in [0.2, 0.25) is 0 Å². The first-order valence-corrected chi connectivity index (χ1v) is 7.37. The van der Waals surface area contributed by atoms with Crippen LogP contribution in [0.15, 0.2) is 48.5 Å². The van der Waals surface area contributed by atoms with Gasteiger partial charge in [-0.25, -0.2) is 0 Å². The Hall–Kier alpha value is -1.80. The lowest BCUT2D eigenvalue weighted by molar-refractivity contribution is 0.341. The normalized spacial score (nSPS) is 10.5. The summed E-state index contributed by atoms with van der Waals surface area (Å²) >= 11 is 0. The highest BCUT2D eigenvalue weighted by atomic mass is 16.5. The molecule has 2 aromatic rings. The molecule has 0 amide bonds. The molecule has 0 aromatic heterocycles. The summed E-state index contributed by atoms with van der Waals surface area (Å²) in [6.07, 6.45) is 1.16. The van der Waals surface area contributed by atoms with Gasteiger partial charge in [-0.2, -0.15) is 0 Å². The zero-order chi connectivity index (χ0) is 14.2. The minimum Gasteiger partial charge on any atom is -0.493 e. The summed E-state index contributed by atoms with van der Waals surface area (Å²) in [6, 6.07) is 16.9. The van der Waals surface area contributed by atoms with Gasteiger partial charge in [-0.05, 0) is 43.1 Å². The molecule has 2 nitrogen and oxygen atoms in total. The molecule has 0 heterocycles. The molecule has 2 aromatic carbocycles. The van der Waals surface area contributed by atoms with Gasteiger partial charge >= 0.3 is 0 Å². The van der Waals surface area contributed by atoms with Crippen molar-refractivity contribution in [1.29, 1.82) is 0 Å². The van der Waals surface area contributed by atoms with Crippen molar-refractivity contribution in [2.45, 2.75) is 26.8 Å². The van der Waals surface area contributed by atoms with Crippen LogP contribution in [0.4, 0.5) is 0 Å². The number of rotatable bonds is 7. The minimum atomic E-state index is 0.689. The average molecular weight is 269 g/mol. The van der Waals surface area contributed by atoms with E-state index in [1.807, 2.05) is 19.1 Å². The first-order chi connectivity index (χ1) is 9.85. The van der Waals surface area contributed by atoms with E-state index in [-0.39, 0.29) is 0 Å². The van der Waals surface area contributed by atoms with Crippen LogP contribution in [0.1, 0.15) is 25.8 Å². The van der Waals surface area contributed by atoms with Crippen LogP contribution in [-0.4, -0.2) is 13.2 Å². The Morgan fingerprint density at radius 2 is 1.85 bits per heavy atom. The Labute approximate surface area is 121 Å². The van der Waals surface area contributed by atoms with E-state index in [2.05, 4.69) is 48.6 Å². The van der Waals surface area contributed by atoms with Crippen molar-refractivity contribution in [2.75, 3.05) is 13.2 Å². The van der Waals surface area contributed by atoms with Crippen molar-refractivity contribution in [3.63, 3.8) is 0 Å². The highest BCUT2D eigenvalue weighted by molar-refractivity contribution is 5.70. The predicted molar refractivity (Wildman–Crippen MR) is 85.0 cm³/mol. The second-order valence-corrected chi connectivity index (χ2v) is 4.81. The van der Waals surface area contributed by atoms with Crippen LogP contribution in [0.3, 0.4) is 0 Å². The molecular formula is C18H23NO. The van der Waals surface area contributed by atoms with Crippen molar-refractivity contribution < 1.29 is 4.74 Å². The number of ether oxygens (including phenoxy) is 1. The Morgan fingerprint density at radius 1 is 1.00 bits per heavy atom. The van der Waals surface area contributed by atoms with Crippen LogP contribution in [-0.2, 0) is 6.54 Å². The molecular weight excluding hydrogens is 246 g/mol. The van der Waals surface area contributed by atoms with Gasteiger partial charge in [-0.1, -0.05) is 43.3 Å². The van der Waals surface area contributed by atoms with E-state index in [9.17, 15) is 0 Å². The smallest absolute Gasteiger partial charge is 0.127 e. The van der Waals surface area contributed by atoms with Crippen molar-refractivity contribution in [2.24, 2.45) is 0 Å². The molecule has 0 aliphatic heterocycles. The van der Waals surface area contributed by atoms with Crippen molar-refractivity contribution in [3.05, 3.63) is 54.1 Å². The lowest BCUT2D eigenvalue weighted by atomic mass is 10.0. The Bertz CT molecular complexity index is 536. The number of hydrogen-bond acceptors (Lipinski definition) is 2. The van der Waals surface area contributed by atoms with E-state index in [0.717, 1.165) is 30.8 Å². The van der Waals surface area contributed by atoms with Crippen LogP contribution in [0, 0.1) is 0 Å². The van der Waals surface area contributed by atoms with Crippen LogP contribution >= 0.6 is 0 Å². The van der Waals surface area contributed by atoms with Crippen LogP contribution in [0.5, 0.6) is 5.75 Å². The quantitative estimate of drug-likeness (QED) is 0.759. The molecule has 0 aliphatic rings. The fourth-order valence-electron chi connectivity index (χ4n) is 2.24. The molecule has 0 atom stereocenters. The maximum Gasteiger partial charge on any atom is 0.127 e. The van der Waals surface area contributed by atoms with E-state index in [0.29, 0.717) is 6.61 Å². The molecule has 0 spiro atoms. The van der Waals surface area contributed by atoms with Gasteiger partial charge in [0.25, 0.3) is 0 Å². The van der Waals surface area contributed by atoms with Gasteiger partial charge in [0.1, 0.15) is 5.75 Å². The fourth-order valence-corrected chi connectivity index (χ4v) is 2.24. The van der Waals surface area contributed by atoms with Gasteiger partial charge in [0.2, 0.25) is 0 Å². The second-order valence-electron chi connectivity index (χ2n) is 4.81. The highest BCUT2D eigenvalue weighted by Gasteiger charge is 2.05. The van der Waals surface area contributed by atoms with Gasteiger partial charge in [-0.3, -0.25) is 0 Å². The maximum atomic E-state index is 5.71. The predicted octanol–water partition coefficient (Wildman–Crippen LogP) is 4.25. The summed E-state index contributed by atoms with van der Waals surface area (Å²) in [5.41, 5.74) is 3.68. The first-order valence-electron chi connectivity index (χ1n) is 7.37. The molecule has 1 N–H and O–H groups in total. The van der Waals surface area contributed by atoms with Gasteiger partial charge in [-0.15, -0.1) is 0 Å². The van der Waals surface area contributed by atoms with E-state index in [1.165, 1.54) is 11.1 Å². The number of para-hydroxylation sites is 1. The maximum absolute atomic E-state index is 5.71. The van der Waals surface area contributed by atoms with Crippen LogP contribution < -0.4 is 10.1 Å². The lowest BCUT2D eigenvalue weighted by Crippen LogP contribution is -2.13. The molecule has 20 heavy (non-hydrogen) atoms. The minimum absolute atomic E-state index is 0.689. The Morgan fingerprint density at radius 3 is 2.65 bits per heavy atom. The molecule has 106 valence electrons. The molecule has 0 radical (unpaired) electrons. The number of nitrogens with one attached hydrogen (secondary N) is 1. The largest absolute Gasteiger partial charge is 0.493 e. The van der Waals surface area contributed by atoms with Crippen molar-refractivity contribution in [1.82, 2.24) is 5.32 Å². The van der Waals surface area contributed by atoms with E-state index < -0.39 is 0 Å². The molecule has 0 bridgehead atoms. The Balaban J connectivity index is 2.22. The molecule has 0 aliphatic carbocycles. The standard InChI is InChI=1S/C18H23NO/c1-3-12-19-14-15-8-7-9-16(13-15)17-10-5-6-11-18(17)20-4-2/h5-11,13,19H,3-4,12,14H2,1-2H3. The third kappa shape index (κ3) is 3.84. The summed E-state index contributed by atoms with van der Waals surface area (Å²) in [7, 11) is 0. The third-order valence-corrected chi connectivity index (χ3v) is 3.18. The van der Waals surface area contributed by atoms with Gasteiger partial charge in [0, 0.05) is 12.1 Å². The van der Waals surface area contributed by atoms with Crippen molar-refractivity contribution in [3.8, 4) is 16.9 Å². The molecule has 0 unspecified atom stereocenters. The monoisotopic (exact) mass is 269 g/mol. The van der Waals surface area contributed by atoms with Gasteiger partial charge in [0.05, 0.1) is 6.61 Å². The van der Waals surface area contributed by atoms with Crippen molar-refractivity contribution >= 4 is 0 Å². The molecule has 2 heteroatoms. The van der Waals surface area contributed by atoms with Crippen LogP contribution in [0.25, 0.3) is 11.1 Å². The summed E-state index contributed by atoms with van der Waals surface area (Å²) in [4.78, 5) is 0. The zero-order valence-electron chi connectivity index (χ0n) is 12.4. The molecule has 0 saturated carbocycles. The molecule has 0 saturated heterocycles. The fraction of sp³-hybridized carbons (Fsp3) is 0.333. The SMILES string of the molecule is CCCNCc1cccc(-c2ccccc2OCC)c1. The number of benzene rings is 2. The summed E-state index contributed by atoms with van der Waals surface area (Å²) in [5.74, 6) is 0.952. The number of hydrogen-bond donors (Lipinski definition) is 1. The Kier molecular flexibility index (Phi) is 5.63. The van der Waals surface area contributed by atoms with E-state index in [4.69, 9.17) is 4.74 Å². The molecule has 2 rings (SSSR count). The lowest BCUT2D eigenvalue weighted by Gasteiger charge is -2.11. The molecule has 0 fully saturated rings. The third-order valence-electron chi connectivity index (χ3n) is 3.18. The van der Waals surface area contributed by atoms with E-state index >= 15 is 0 Å². The highest BCUT2D eigenvalue weighted by Crippen LogP contribution is 2.30. The second kappa shape index (κ2) is 7.71. The summed E-state index contributed by atoms with van der Waals surface area (Å²) in [6.45, 7) is 6.86. The van der Waals surface area contributed by atoms with Gasteiger partial charge in [0.15, 0.2) is 0 Å².